The molecule has 2 heterocycles. The van der Waals surface area contributed by atoms with E-state index in [4.69, 9.17) is 0 Å². The molecular formula is C28H28F3N3O2. The van der Waals surface area contributed by atoms with Gasteiger partial charge in [0, 0.05) is 50.0 Å². The van der Waals surface area contributed by atoms with Crippen molar-refractivity contribution in [3.05, 3.63) is 94.5 Å². The fourth-order valence-electron chi connectivity index (χ4n) is 5.13. The van der Waals surface area contributed by atoms with Crippen LogP contribution in [0.25, 0.3) is 0 Å². The van der Waals surface area contributed by atoms with Crippen molar-refractivity contribution in [2.24, 2.45) is 0 Å². The van der Waals surface area contributed by atoms with Crippen LogP contribution in [0.15, 0.2) is 66.7 Å². The summed E-state index contributed by atoms with van der Waals surface area (Å²) in [7, 11) is 0. The Balaban J connectivity index is 1.21. The molecule has 3 aromatic rings. The van der Waals surface area contributed by atoms with Crippen LogP contribution >= 0.6 is 0 Å². The summed E-state index contributed by atoms with van der Waals surface area (Å²) in [6.07, 6.45) is -3.67. The molecule has 5 rings (SSSR count). The summed E-state index contributed by atoms with van der Waals surface area (Å²) in [5, 5.41) is 3.65. The van der Waals surface area contributed by atoms with Crippen LogP contribution in [0.1, 0.15) is 39.0 Å². The van der Waals surface area contributed by atoms with Gasteiger partial charge in [0.2, 0.25) is 0 Å². The number of likely N-dealkylation sites (tertiary alicyclic amines) is 1. The summed E-state index contributed by atoms with van der Waals surface area (Å²) in [4.78, 5) is 17.2. The van der Waals surface area contributed by atoms with E-state index in [1.807, 2.05) is 19.1 Å². The summed E-state index contributed by atoms with van der Waals surface area (Å²) in [5.74, 6) is -0.331. The second kappa shape index (κ2) is 9.85. The van der Waals surface area contributed by atoms with E-state index in [9.17, 15) is 18.0 Å². The molecule has 1 N–H and O–H groups in total. The summed E-state index contributed by atoms with van der Waals surface area (Å²) in [6.45, 7) is 5.68. The normalized spacial score (nSPS) is 17.9. The quantitative estimate of drug-likeness (QED) is 0.454. The zero-order valence-electron chi connectivity index (χ0n) is 20.0. The molecule has 0 spiro atoms. The number of carbonyl (C=O) groups is 1. The Labute approximate surface area is 208 Å². The van der Waals surface area contributed by atoms with Crippen molar-refractivity contribution in [3.63, 3.8) is 0 Å². The van der Waals surface area contributed by atoms with Gasteiger partial charge in [-0.2, -0.15) is 0 Å². The van der Waals surface area contributed by atoms with Crippen LogP contribution in [0.5, 0.6) is 5.75 Å². The van der Waals surface area contributed by atoms with Gasteiger partial charge in [-0.05, 0) is 59.9 Å². The number of alkyl halides is 3. The van der Waals surface area contributed by atoms with Gasteiger partial charge in [0.05, 0.1) is 0 Å². The second-order valence-corrected chi connectivity index (χ2v) is 9.53. The lowest BCUT2D eigenvalue weighted by Crippen LogP contribution is -2.26. The first-order chi connectivity index (χ1) is 17.2. The van der Waals surface area contributed by atoms with Gasteiger partial charge in [-0.1, -0.05) is 42.5 Å². The maximum absolute atomic E-state index is 13.1. The van der Waals surface area contributed by atoms with E-state index in [0.29, 0.717) is 19.1 Å². The predicted octanol–water partition coefficient (Wildman–Crippen LogP) is 5.74. The van der Waals surface area contributed by atoms with Crippen LogP contribution in [0.4, 0.5) is 18.9 Å². The molecule has 0 radical (unpaired) electrons. The number of hydrogen-bond acceptors (Lipinski definition) is 4. The van der Waals surface area contributed by atoms with E-state index in [2.05, 4.69) is 45.3 Å². The van der Waals surface area contributed by atoms with E-state index in [0.717, 1.165) is 54.0 Å². The third-order valence-electron chi connectivity index (χ3n) is 6.70. The number of rotatable bonds is 7. The number of anilines is 1. The van der Waals surface area contributed by atoms with Crippen LogP contribution < -0.4 is 10.1 Å². The maximum Gasteiger partial charge on any atom is 0.573 e. The largest absolute Gasteiger partial charge is 0.573 e. The lowest BCUT2D eigenvalue weighted by atomic mass is 10.0. The molecule has 1 amide bonds. The molecule has 5 nitrogen and oxygen atoms in total. The van der Waals surface area contributed by atoms with E-state index >= 15 is 0 Å². The van der Waals surface area contributed by atoms with Gasteiger partial charge in [0.1, 0.15) is 5.75 Å². The van der Waals surface area contributed by atoms with Crippen LogP contribution in [0.2, 0.25) is 0 Å². The Morgan fingerprint density at radius 1 is 1.00 bits per heavy atom. The fourth-order valence-corrected chi connectivity index (χ4v) is 5.13. The average Bonchev–Trinajstić information content (AvgIpc) is 3.38. The minimum Gasteiger partial charge on any atom is -0.406 e. The van der Waals surface area contributed by atoms with Crippen LogP contribution in [-0.2, 0) is 19.6 Å². The number of halogens is 3. The summed E-state index contributed by atoms with van der Waals surface area (Å²) in [6, 6.07) is 20.5. The number of hydrogen-bond donors (Lipinski definition) is 1. The molecule has 0 aromatic heterocycles. The van der Waals surface area contributed by atoms with E-state index in [1.165, 1.54) is 17.7 Å². The smallest absolute Gasteiger partial charge is 0.406 e. The fraction of sp³-hybridized carbons (Fsp3) is 0.321. The molecule has 3 aromatic carbocycles. The number of amides is 1. The molecular weight excluding hydrogens is 467 g/mol. The standard InChI is InChI=1S/C28H28F3N3O2/c1-19-13-24(32-23-11-12-33(18-23)15-20-5-3-2-4-6-20)14-22-17-34(27(35)26(19)22)16-21-7-9-25(10-8-21)36-28(29,30)31/h2-10,13-14,23,32H,11-12,15-18H2,1H3. The van der Waals surface area contributed by atoms with Crippen molar-refractivity contribution < 1.29 is 22.7 Å². The SMILES string of the molecule is Cc1cc(NC2CCN(Cc3ccccc3)C2)cc2c1C(=O)N(Cc1ccc(OC(F)(F)F)cc1)C2. The van der Waals surface area contributed by atoms with Gasteiger partial charge < -0.3 is 15.0 Å². The number of nitrogens with zero attached hydrogens (tertiary/aromatic N) is 2. The van der Waals surface area contributed by atoms with E-state index in [-0.39, 0.29) is 11.7 Å². The summed E-state index contributed by atoms with van der Waals surface area (Å²) < 4.78 is 41.1. The highest BCUT2D eigenvalue weighted by Gasteiger charge is 2.32. The van der Waals surface area contributed by atoms with E-state index in [1.54, 1.807) is 17.0 Å². The van der Waals surface area contributed by atoms with Crippen molar-refractivity contribution in [2.75, 3.05) is 18.4 Å². The van der Waals surface area contributed by atoms with Gasteiger partial charge in [0.25, 0.3) is 5.91 Å². The van der Waals surface area contributed by atoms with Gasteiger partial charge >= 0.3 is 6.36 Å². The lowest BCUT2D eigenvalue weighted by Gasteiger charge is -2.18. The van der Waals surface area contributed by atoms with Crippen LogP contribution in [0.3, 0.4) is 0 Å². The van der Waals surface area contributed by atoms with Crippen molar-refractivity contribution in [3.8, 4) is 5.75 Å². The molecule has 188 valence electrons. The second-order valence-electron chi connectivity index (χ2n) is 9.53. The van der Waals surface area contributed by atoms with Crippen molar-refractivity contribution in [1.82, 2.24) is 9.80 Å². The van der Waals surface area contributed by atoms with E-state index < -0.39 is 6.36 Å². The molecule has 1 fully saturated rings. The molecule has 36 heavy (non-hydrogen) atoms. The molecule has 8 heteroatoms. The molecule has 2 aliphatic rings. The molecule has 0 saturated carbocycles. The zero-order chi connectivity index (χ0) is 25.3. The molecule has 1 saturated heterocycles. The van der Waals surface area contributed by atoms with Crippen molar-refractivity contribution in [1.29, 1.82) is 0 Å². The Morgan fingerprint density at radius 3 is 2.44 bits per heavy atom. The number of fused-ring (bicyclic) bond motifs is 1. The zero-order valence-corrected chi connectivity index (χ0v) is 20.0. The minimum atomic E-state index is -4.73. The van der Waals surface area contributed by atoms with Crippen LogP contribution in [-0.4, -0.2) is 41.2 Å². The average molecular weight is 496 g/mol. The summed E-state index contributed by atoms with van der Waals surface area (Å²) >= 11 is 0. The Morgan fingerprint density at radius 2 is 1.72 bits per heavy atom. The van der Waals surface area contributed by atoms with Gasteiger partial charge in [-0.25, -0.2) is 0 Å². The Hall–Kier alpha value is -3.52. The number of benzene rings is 3. The number of aryl methyl sites for hydroxylation is 1. The number of carbonyl (C=O) groups excluding carboxylic acids is 1. The highest BCUT2D eigenvalue weighted by atomic mass is 19.4. The molecule has 0 bridgehead atoms. The van der Waals surface area contributed by atoms with Gasteiger partial charge in [0.15, 0.2) is 0 Å². The maximum atomic E-state index is 13.1. The van der Waals surface area contributed by atoms with Gasteiger partial charge in [-0.15, -0.1) is 13.2 Å². The minimum absolute atomic E-state index is 0.0560. The lowest BCUT2D eigenvalue weighted by molar-refractivity contribution is -0.274. The van der Waals surface area contributed by atoms with Gasteiger partial charge in [-0.3, -0.25) is 9.69 Å². The summed E-state index contributed by atoms with van der Waals surface area (Å²) in [5.41, 5.74) is 5.68. The molecule has 2 aliphatic heterocycles. The first-order valence-electron chi connectivity index (χ1n) is 12.0. The topological polar surface area (TPSA) is 44.8 Å². The Bertz CT molecular complexity index is 1230. The highest BCUT2D eigenvalue weighted by molar-refractivity contribution is 6.00. The van der Waals surface area contributed by atoms with Crippen molar-refractivity contribution in [2.45, 2.75) is 45.4 Å². The first-order valence-corrected chi connectivity index (χ1v) is 12.0. The monoisotopic (exact) mass is 495 g/mol. The number of nitrogens with one attached hydrogen (secondary N) is 1. The Kier molecular flexibility index (Phi) is 6.62. The van der Waals surface area contributed by atoms with Crippen molar-refractivity contribution >= 4 is 11.6 Å². The molecule has 0 aliphatic carbocycles. The van der Waals surface area contributed by atoms with Crippen LogP contribution in [0, 0.1) is 6.92 Å². The molecule has 1 unspecified atom stereocenters. The highest BCUT2D eigenvalue weighted by Crippen LogP contribution is 2.31. The predicted molar refractivity (Wildman–Crippen MR) is 132 cm³/mol. The third kappa shape index (κ3) is 5.65. The third-order valence-corrected chi connectivity index (χ3v) is 6.70. The molecule has 1 atom stereocenters. The number of ether oxygens (including phenoxy) is 1. The first kappa shape index (κ1) is 24.2.